The van der Waals surface area contributed by atoms with Crippen LogP contribution in [0, 0.1) is 0 Å². The summed E-state index contributed by atoms with van der Waals surface area (Å²) in [5, 5.41) is 3.81. The Morgan fingerprint density at radius 1 is 1.38 bits per heavy atom. The van der Waals surface area contributed by atoms with Crippen LogP contribution in [0.15, 0.2) is 0 Å². The zero-order valence-corrected chi connectivity index (χ0v) is 13.6. The Morgan fingerprint density at radius 2 is 2.05 bits per heavy atom. The van der Waals surface area contributed by atoms with E-state index in [2.05, 4.69) is 10.3 Å². The lowest BCUT2D eigenvalue weighted by Gasteiger charge is -2.31. The Kier molecular flexibility index (Phi) is 4.08. The van der Waals surface area contributed by atoms with Crippen LogP contribution in [0.3, 0.4) is 0 Å². The summed E-state index contributed by atoms with van der Waals surface area (Å²) < 4.78 is 0. The number of carbonyl (C=O) groups is 2. The van der Waals surface area contributed by atoms with Gasteiger partial charge in [0.25, 0.3) is 5.91 Å². The van der Waals surface area contributed by atoms with E-state index in [-0.39, 0.29) is 29.7 Å². The summed E-state index contributed by atoms with van der Waals surface area (Å²) in [6, 6.07) is 0. The molecule has 116 valence electrons. The fraction of sp³-hybridized carbons (Fsp3) is 0.615. The molecule has 2 rings (SSSR count). The van der Waals surface area contributed by atoms with Gasteiger partial charge in [0.05, 0.1) is 0 Å². The standard InChI is InChI=1S/C13H21N5O2S/c1-13(2,3)16-12-15-10(14)9(21-12)11(20)18-6-5-17(4)8(19)7-18/h5-7,14H2,1-4H3,(H,15,16). The summed E-state index contributed by atoms with van der Waals surface area (Å²) in [5.74, 6) is -0.0812. The Balaban J connectivity index is 2.14. The number of aromatic nitrogens is 1. The lowest BCUT2D eigenvalue weighted by molar-refractivity contribution is -0.133. The van der Waals surface area contributed by atoms with Crippen molar-refractivity contribution in [2.75, 3.05) is 37.7 Å². The lowest BCUT2D eigenvalue weighted by Crippen LogP contribution is -2.50. The molecule has 3 N–H and O–H groups in total. The van der Waals surface area contributed by atoms with Gasteiger partial charge in [-0.15, -0.1) is 0 Å². The number of nitrogens with zero attached hydrogens (tertiary/aromatic N) is 3. The van der Waals surface area contributed by atoms with E-state index >= 15 is 0 Å². The van der Waals surface area contributed by atoms with Crippen molar-refractivity contribution in [2.24, 2.45) is 0 Å². The summed E-state index contributed by atoms with van der Waals surface area (Å²) >= 11 is 1.23. The predicted molar refractivity (Wildman–Crippen MR) is 83.4 cm³/mol. The summed E-state index contributed by atoms with van der Waals surface area (Å²) in [6.45, 7) is 7.16. The predicted octanol–water partition coefficient (Wildman–Crippen LogP) is 0.850. The minimum Gasteiger partial charge on any atom is -0.382 e. The van der Waals surface area contributed by atoms with Crippen molar-refractivity contribution >= 4 is 34.1 Å². The molecule has 1 fully saturated rings. The van der Waals surface area contributed by atoms with Gasteiger partial charge in [-0.25, -0.2) is 4.98 Å². The third kappa shape index (κ3) is 3.63. The topological polar surface area (TPSA) is 91.6 Å². The molecule has 0 aromatic carbocycles. The van der Waals surface area contributed by atoms with Crippen molar-refractivity contribution in [1.82, 2.24) is 14.8 Å². The van der Waals surface area contributed by atoms with Crippen LogP contribution in [0.25, 0.3) is 0 Å². The largest absolute Gasteiger partial charge is 0.382 e. The van der Waals surface area contributed by atoms with Crippen LogP contribution in [0.1, 0.15) is 30.4 Å². The third-order valence-electron chi connectivity index (χ3n) is 3.07. The molecule has 0 bridgehead atoms. The number of thiazole rings is 1. The minimum atomic E-state index is -0.228. The molecule has 1 aromatic rings. The van der Waals surface area contributed by atoms with Gasteiger partial charge in [-0.05, 0) is 20.8 Å². The molecule has 1 aliphatic heterocycles. The zero-order valence-electron chi connectivity index (χ0n) is 12.8. The molecular formula is C13H21N5O2S. The normalized spacial score (nSPS) is 16.3. The van der Waals surface area contributed by atoms with E-state index in [0.717, 1.165) is 0 Å². The van der Waals surface area contributed by atoms with Crippen LogP contribution in [0.5, 0.6) is 0 Å². The Labute approximate surface area is 128 Å². The van der Waals surface area contributed by atoms with E-state index in [1.165, 1.54) is 16.2 Å². The van der Waals surface area contributed by atoms with Crippen LogP contribution >= 0.6 is 11.3 Å². The molecule has 1 saturated heterocycles. The first kappa shape index (κ1) is 15.6. The number of hydrogen-bond donors (Lipinski definition) is 2. The summed E-state index contributed by atoms with van der Waals surface area (Å²) in [5.41, 5.74) is 5.69. The number of piperazine rings is 1. The third-order valence-corrected chi connectivity index (χ3v) is 4.05. The Morgan fingerprint density at radius 3 is 2.62 bits per heavy atom. The van der Waals surface area contributed by atoms with E-state index < -0.39 is 0 Å². The SMILES string of the molecule is CN1CCN(C(=O)c2sc(NC(C)(C)C)nc2N)CC1=O. The second-order valence-electron chi connectivity index (χ2n) is 6.15. The summed E-state index contributed by atoms with van der Waals surface area (Å²) in [4.78, 5) is 31.9. The molecule has 1 aliphatic rings. The van der Waals surface area contributed by atoms with Crippen LogP contribution in [-0.4, -0.2) is 58.8 Å². The van der Waals surface area contributed by atoms with Gasteiger partial charge in [0.1, 0.15) is 17.2 Å². The minimum absolute atomic E-state index is 0.0641. The van der Waals surface area contributed by atoms with Gasteiger partial charge in [0, 0.05) is 25.7 Å². The number of nitrogens with one attached hydrogen (secondary N) is 1. The molecule has 2 amide bonds. The van der Waals surface area contributed by atoms with Crippen molar-refractivity contribution in [3.63, 3.8) is 0 Å². The van der Waals surface area contributed by atoms with Crippen LogP contribution in [-0.2, 0) is 4.79 Å². The molecule has 0 saturated carbocycles. The first-order chi connectivity index (χ1) is 9.67. The van der Waals surface area contributed by atoms with Gasteiger partial charge in [-0.2, -0.15) is 0 Å². The van der Waals surface area contributed by atoms with Crippen LogP contribution < -0.4 is 11.1 Å². The van der Waals surface area contributed by atoms with Crippen molar-refractivity contribution in [1.29, 1.82) is 0 Å². The van der Waals surface area contributed by atoms with Crippen molar-refractivity contribution in [3.8, 4) is 0 Å². The molecule has 0 aliphatic carbocycles. The van der Waals surface area contributed by atoms with E-state index in [1.54, 1.807) is 11.9 Å². The van der Waals surface area contributed by atoms with Gasteiger partial charge < -0.3 is 20.9 Å². The first-order valence-corrected chi connectivity index (χ1v) is 7.57. The van der Waals surface area contributed by atoms with E-state index in [0.29, 0.717) is 23.1 Å². The molecule has 7 nitrogen and oxygen atoms in total. The molecule has 0 atom stereocenters. The molecule has 1 aromatic heterocycles. The highest BCUT2D eigenvalue weighted by Crippen LogP contribution is 2.28. The van der Waals surface area contributed by atoms with Crippen molar-refractivity contribution in [3.05, 3.63) is 4.88 Å². The molecule has 0 spiro atoms. The van der Waals surface area contributed by atoms with Crippen molar-refractivity contribution in [2.45, 2.75) is 26.3 Å². The van der Waals surface area contributed by atoms with Crippen LogP contribution in [0.2, 0.25) is 0 Å². The molecule has 2 heterocycles. The number of hydrogen-bond acceptors (Lipinski definition) is 6. The Hall–Kier alpha value is -1.83. The monoisotopic (exact) mass is 311 g/mol. The number of rotatable bonds is 2. The Bertz CT molecular complexity index is 563. The number of likely N-dealkylation sites (N-methyl/N-ethyl adjacent to an activating group) is 1. The van der Waals surface area contributed by atoms with E-state index in [1.807, 2.05) is 20.8 Å². The number of amides is 2. The highest BCUT2D eigenvalue weighted by molar-refractivity contribution is 7.18. The van der Waals surface area contributed by atoms with Gasteiger partial charge >= 0.3 is 0 Å². The molecule has 0 unspecified atom stereocenters. The number of nitrogen functional groups attached to an aromatic ring is 1. The van der Waals surface area contributed by atoms with Gasteiger partial charge in [0.2, 0.25) is 5.91 Å². The second-order valence-corrected chi connectivity index (χ2v) is 7.15. The van der Waals surface area contributed by atoms with E-state index in [9.17, 15) is 9.59 Å². The number of anilines is 2. The molecule has 21 heavy (non-hydrogen) atoms. The van der Waals surface area contributed by atoms with Gasteiger partial charge in [0.15, 0.2) is 5.13 Å². The number of carbonyl (C=O) groups excluding carboxylic acids is 2. The molecule has 8 heteroatoms. The van der Waals surface area contributed by atoms with Crippen LogP contribution in [0.4, 0.5) is 10.9 Å². The second kappa shape index (κ2) is 5.51. The molecule has 0 radical (unpaired) electrons. The highest BCUT2D eigenvalue weighted by Gasteiger charge is 2.29. The fourth-order valence-electron chi connectivity index (χ4n) is 1.93. The maximum Gasteiger partial charge on any atom is 0.268 e. The average Bonchev–Trinajstić information content (AvgIpc) is 2.70. The summed E-state index contributed by atoms with van der Waals surface area (Å²) in [7, 11) is 1.73. The van der Waals surface area contributed by atoms with E-state index in [4.69, 9.17) is 5.73 Å². The smallest absolute Gasteiger partial charge is 0.268 e. The lowest BCUT2D eigenvalue weighted by atomic mass is 10.1. The zero-order chi connectivity index (χ0) is 15.8. The maximum atomic E-state index is 12.5. The number of nitrogens with two attached hydrogens (primary N) is 1. The van der Waals surface area contributed by atoms with Gasteiger partial charge in [-0.1, -0.05) is 11.3 Å². The molecular weight excluding hydrogens is 290 g/mol. The maximum absolute atomic E-state index is 12.5. The highest BCUT2D eigenvalue weighted by atomic mass is 32.1. The first-order valence-electron chi connectivity index (χ1n) is 6.75. The fourth-order valence-corrected chi connectivity index (χ4v) is 3.00. The quantitative estimate of drug-likeness (QED) is 0.845. The van der Waals surface area contributed by atoms with Crippen molar-refractivity contribution < 1.29 is 9.59 Å². The summed E-state index contributed by atoms with van der Waals surface area (Å²) in [6.07, 6.45) is 0. The average molecular weight is 311 g/mol. The van der Waals surface area contributed by atoms with Gasteiger partial charge in [-0.3, -0.25) is 9.59 Å².